The van der Waals surface area contributed by atoms with Crippen LogP contribution in [0.15, 0.2) is 60.7 Å². The van der Waals surface area contributed by atoms with Gasteiger partial charge in [0, 0.05) is 0 Å². The number of benzene rings is 2. The number of unbranched alkanes of at least 4 members (excludes halogenated alkanes) is 2. The van der Waals surface area contributed by atoms with Crippen LogP contribution >= 0.6 is 0 Å². The van der Waals surface area contributed by atoms with Crippen molar-refractivity contribution in [3.05, 3.63) is 77.7 Å². The van der Waals surface area contributed by atoms with Crippen molar-refractivity contribution >= 4 is 0 Å². The van der Waals surface area contributed by atoms with Crippen molar-refractivity contribution in [3.8, 4) is 0 Å². The Kier molecular flexibility index (Phi) is 7.49. The van der Waals surface area contributed by atoms with Gasteiger partial charge < -0.3 is 0 Å². The molecule has 19 heavy (non-hydrogen) atoms. The third-order valence-electron chi connectivity index (χ3n) is 3.27. The molecular formula is C18H21Li. The standard InChI is InChI=1S/C18H21.Li/c1-2-3-6-15-18(16-11-7-4-8-12-16)17-13-9-5-10-14-17;/h4-5,7-14H,2-3,6,15H2,1H3;/q-1;+1. The summed E-state index contributed by atoms with van der Waals surface area (Å²) in [5.41, 5.74) is 2.72. The summed E-state index contributed by atoms with van der Waals surface area (Å²) in [7, 11) is 0. The van der Waals surface area contributed by atoms with Crippen molar-refractivity contribution in [2.75, 3.05) is 0 Å². The first kappa shape index (κ1) is 16.0. The molecule has 0 radical (unpaired) electrons. The minimum Gasteiger partial charge on any atom is -0.120 e. The van der Waals surface area contributed by atoms with Crippen LogP contribution in [0.25, 0.3) is 0 Å². The molecule has 0 heterocycles. The SMILES string of the molecule is CCCCC[C-](c1ccccc1)c1ccccc1.[Li+]. The molecule has 0 aliphatic rings. The smallest absolute Gasteiger partial charge is 0.120 e. The Morgan fingerprint density at radius 3 is 1.63 bits per heavy atom. The van der Waals surface area contributed by atoms with Crippen molar-refractivity contribution in [3.63, 3.8) is 0 Å². The summed E-state index contributed by atoms with van der Waals surface area (Å²) in [4.78, 5) is 0. The first-order valence-corrected chi connectivity index (χ1v) is 6.88. The minimum absolute atomic E-state index is 0. The van der Waals surface area contributed by atoms with E-state index in [1.807, 2.05) is 0 Å². The van der Waals surface area contributed by atoms with E-state index < -0.39 is 0 Å². The molecule has 2 rings (SSSR count). The van der Waals surface area contributed by atoms with Gasteiger partial charge in [-0.15, -0.1) is 41.3 Å². The second-order valence-corrected chi connectivity index (χ2v) is 4.67. The Labute approximate surface area is 129 Å². The van der Waals surface area contributed by atoms with E-state index >= 15 is 0 Å². The quantitative estimate of drug-likeness (QED) is 0.415. The Hall–Kier alpha value is -1.09. The summed E-state index contributed by atoms with van der Waals surface area (Å²) in [6.07, 6.45) is 5.03. The number of hydrogen-bond donors (Lipinski definition) is 0. The van der Waals surface area contributed by atoms with Crippen molar-refractivity contribution in [2.24, 2.45) is 0 Å². The molecule has 0 amide bonds. The molecule has 0 unspecified atom stereocenters. The molecule has 0 fully saturated rings. The van der Waals surface area contributed by atoms with Gasteiger partial charge in [-0.3, -0.25) is 0 Å². The average molecular weight is 244 g/mol. The molecule has 0 aliphatic carbocycles. The molecule has 0 saturated heterocycles. The van der Waals surface area contributed by atoms with Gasteiger partial charge in [0.1, 0.15) is 0 Å². The van der Waals surface area contributed by atoms with Crippen LogP contribution in [0.5, 0.6) is 0 Å². The largest absolute Gasteiger partial charge is 1.00 e. The molecular weight excluding hydrogens is 223 g/mol. The van der Waals surface area contributed by atoms with Crippen molar-refractivity contribution in [1.29, 1.82) is 0 Å². The molecule has 2 aromatic rings. The fourth-order valence-corrected chi connectivity index (χ4v) is 2.29. The van der Waals surface area contributed by atoms with Crippen LogP contribution in [0.2, 0.25) is 0 Å². The van der Waals surface area contributed by atoms with Gasteiger partial charge >= 0.3 is 18.9 Å². The molecule has 1 heteroatoms. The van der Waals surface area contributed by atoms with E-state index in [0.29, 0.717) is 0 Å². The molecule has 0 nitrogen and oxygen atoms in total. The molecule has 0 spiro atoms. The van der Waals surface area contributed by atoms with Gasteiger partial charge in [-0.05, 0) is 0 Å². The van der Waals surface area contributed by atoms with E-state index in [1.165, 1.54) is 42.7 Å². The zero-order valence-electron chi connectivity index (χ0n) is 12.1. The number of rotatable bonds is 6. The number of hydrogen-bond acceptors (Lipinski definition) is 0. The van der Waals surface area contributed by atoms with Gasteiger partial charge in [0.25, 0.3) is 0 Å². The zero-order chi connectivity index (χ0) is 12.6. The Bertz CT molecular complexity index is 396. The van der Waals surface area contributed by atoms with E-state index in [4.69, 9.17) is 0 Å². The van der Waals surface area contributed by atoms with E-state index in [9.17, 15) is 0 Å². The molecule has 0 bridgehead atoms. The van der Waals surface area contributed by atoms with Crippen LogP contribution in [0.3, 0.4) is 0 Å². The monoisotopic (exact) mass is 244 g/mol. The van der Waals surface area contributed by atoms with Gasteiger partial charge in [-0.25, -0.2) is 0 Å². The zero-order valence-corrected chi connectivity index (χ0v) is 12.1. The molecule has 0 saturated carbocycles. The Balaban J connectivity index is 0.00000180. The first-order valence-electron chi connectivity index (χ1n) is 6.88. The molecule has 94 valence electrons. The summed E-state index contributed by atoms with van der Waals surface area (Å²) in [5, 5.41) is 0. The van der Waals surface area contributed by atoms with E-state index in [-0.39, 0.29) is 18.9 Å². The van der Waals surface area contributed by atoms with Crippen molar-refractivity contribution < 1.29 is 18.9 Å². The maximum absolute atomic E-state index is 2.25. The van der Waals surface area contributed by atoms with Crippen LogP contribution in [0.4, 0.5) is 0 Å². The maximum atomic E-state index is 2.25. The van der Waals surface area contributed by atoms with E-state index in [2.05, 4.69) is 67.6 Å². The van der Waals surface area contributed by atoms with Gasteiger partial charge in [0.2, 0.25) is 0 Å². The summed E-state index contributed by atoms with van der Waals surface area (Å²) in [5.74, 6) is 1.48. The second-order valence-electron chi connectivity index (χ2n) is 4.67. The summed E-state index contributed by atoms with van der Waals surface area (Å²) < 4.78 is 0. The molecule has 0 aliphatic heterocycles. The van der Waals surface area contributed by atoms with Gasteiger partial charge in [-0.1, -0.05) is 69.0 Å². The molecule has 0 aromatic heterocycles. The molecule has 0 atom stereocenters. The van der Waals surface area contributed by atoms with Crippen LogP contribution in [0.1, 0.15) is 43.7 Å². The van der Waals surface area contributed by atoms with Crippen LogP contribution in [-0.4, -0.2) is 0 Å². The normalized spacial score (nSPS) is 9.74. The van der Waals surface area contributed by atoms with Gasteiger partial charge in [0.05, 0.1) is 0 Å². The average Bonchev–Trinajstić information content (AvgIpc) is 2.46. The van der Waals surface area contributed by atoms with E-state index in [1.54, 1.807) is 0 Å². The molecule has 2 aromatic carbocycles. The third-order valence-corrected chi connectivity index (χ3v) is 3.27. The second kappa shape index (κ2) is 8.91. The molecule has 0 N–H and O–H groups in total. The fraction of sp³-hybridized carbons (Fsp3) is 0.278. The topological polar surface area (TPSA) is 0 Å². The summed E-state index contributed by atoms with van der Waals surface area (Å²) in [6.45, 7) is 2.25. The predicted octanol–water partition coefficient (Wildman–Crippen LogP) is 2.24. The Morgan fingerprint density at radius 2 is 1.21 bits per heavy atom. The fourth-order valence-electron chi connectivity index (χ4n) is 2.29. The summed E-state index contributed by atoms with van der Waals surface area (Å²) in [6, 6.07) is 21.5. The predicted molar refractivity (Wildman–Crippen MR) is 78.5 cm³/mol. The maximum Gasteiger partial charge on any atom is 1.00 e. The van der Waals surface area contributed by atoms with Crippen molar-refractivity contribution in [2.45, 2.75) is 32.6 Å². The van der Waals surface area contributed by atoms with Gasteiger partial charge in [0.15, 0.2) is 0 Å². The minimum atomic E-state index is 0. The van der Waals surface area contributed by atoms with Crippen LogP contribution in [0, 0.1) is 5.92 Å². The van der Waals surface area contributed by atoms with Gasteiger partial charge in [-0.2, -0.15) is 0 Å². The van der Waals surface area contributed by atoms with Crippen molar-refractivity contribution in [1.82, 2.24) is 0 Å². The third kappa shape index (κ3) is 4.82. The Morgan fingerprint density at radius 1 is 0.737 bits per heavy atom. The van der Waals surface area contributed by atoms with E-state index in [0.717, 1.165) is 0 Å². The van der Waals surface area contributed by atoms with Crippen LogP contribution in [-0.2, 0) is 0 Å². The van der Waals surface area contributed by atoms with Crippen LogP contribution < -0.4 is 18.9 Å². The summed E-state index contributed by atoms with van der Waals surface area (Å²) >= 11 is 0. The first-order chi connectivity index (χ1) is 8.92.